The summed E-state index contributed by atoms with van der Waals surface area (Å²) >= 11 is 0. The van der Waals surface area contributed by atoms with E-state index >= 15 is 0 Å². The molecular formula is C12H14N2O3. The molecule has 2 rings (SSSR count). The van der Waals surface area contributed by atoms with E-state index in [0.717, 1.165) is 5.76 Å². The first-order valence-electron chi connectivity index (χ1n) is 5.39. The molecule has 0 unspecified atom stereocenters. The third kappa shape index (κ3) is 2.08. The van der Waals surface area contributed by atoms with Gasteiger partial charge in [-0.1, -0.05) is 13.8 Å². The van der Waals surface area contributed by atoms with Gasteiger partial charge in [-0.2, -0.15) is 4.98 Å². The molecule has 0 aliphatic rings. The van der Waals surface area contributed by atoms with Gasteiger partial charge in [0.2, 0.25) is 5.88 Å². The summed E-state index contributed by atoms with van der Waals surface area (Å²) in [6.45, 7) is 5.44. The van der Waals surface area contributed by atoms with Gasteiger partial charge in [0, 0.05) is 0 Å². The molecule has 5 nitrogen and oxygen atoms in total. The quantitative estimate of drug-likeness (QED) is 0.834. The topological polar surface area (TPSA) is 79.1 Å². The molecule has 0 aromatic carbocycles. The summed E-state index contributed by atoms with van der Waals surface area (Å²) < 4.78 is 5.34. The Hall–Kier alpha value is -2.04. The van der Waals surface area contributed by atoms with Gasteiger partial charge in [-0.3, -0.25) is 4.79 Å². The molecule has 90 valence electrons. The molecule has 2 N–H and O–H groups in total. The number of aromatic hydroxyl groups is 1. The van der Waals surface area contributed by atoms with Gasteiger partial charge in [0.15, 0.2) is 11.6 Å². The van der Waals surface area contributed by atoms with Crippen LogP contribution in [0.25, 0.3) is 11.6 Å². The van der Waals surface area contributed by atoms with Crippen molar-refractivity contribution in [3.63, 3.8) is 0 Å². The second-order valence-corrected chi connectivity index (χ2v) is 4.22. The molecule has 2 aromatic rings. The monoisotopic (exact) mass is 234 g/mol. The van der Waals surface area contributed by atoms with E-state index in [1.165, 1.54) is 0 Å². The molecule has 5 heteroatoms. The van der Waals surface area contributed by atoms with Crippen molar-refractivity contribution in [1.29, 1.82) is 0 Å². The minimum atomic E-state index is -0.337. The van der Waals surface area contributed by atoms with E-state index in [9.17, 15) is 9.90 Å². The molecule has 0 atom stereocenters. The molecule has 0 amide bonds. The highest BCUT2D eigenvalue weighted by Gasteiger charge is 2.15. The maximum absolute atomic E-state index is 11.8. The molecule has 0 bridgehead atoms. The van der Waals surface area contributed by atoms with Gasteiger partial charge in [-0.05, 0) is 25.0 Å². The van der Waals surface area contributed by atoms with Crippen LogP contribution in [0.5, 0.6) is 5.88 Å². The number of furan rings is 1. The zero-order valence-electron chi connectivity index (χ0n) is 9.94. The van der Waals surface area contributed by atoms with Crippen molar-refractivity contribution in [3.05, 3.63) is 33.8 Å². The molecule has 2 heterocycles. The number of aromatic amines is 1. The van der Waals surface area contributed by atoms with Crippen LogP contribution in [0, 0.1) is 6.92 Å². The van der Waals surface area contributed by atoms with Crippen LogP contribution in [0.4, 0.5) is 0 Å². The van der Waals surface area contributed by atoms with Crippen molar-refractivity contribution in [2.45, 2.75) is 26.7 Å². The Morgan fingerprint density at radius 2 is 2.12 bits per heavy atom. The summed E-state index contributed by atoms with van der Waals surface area (Å²) in [5, 5.41) is 9.74. The summed E-state index contributed by atoms with van der Waals surface area (Å²) in [5.74, 6) is 1.07. The minimum absolute atomic E-state index is 0.0846. The van der Waals surface area contributed by atoms with E-state index in [2.05, 4.69) is 9.97 Å². The standard InChI is InChI=1S/C12H14N2O3/c1-6(2)9-11(15)13-10(14-12(9)16)8-5-4-7(3)17-8/h4-6H,1-3H3,(H2,13,14,15,16). The summed E-state index contributed by atoms with van der Waals surface area (Å²) in [4.78, 5) is 18.3. The van der Waals surface area contributed by atoms with E-state index in [1.54, 1.807) is 19.1 Å². The maximum atomic E-state index is 11.8. The molecule has 0 aliphatic carbocycles. The Kier molecular flexibility index (Phi) is 2.75. The van der Waals surface area contributed by atoms with Crippen LogP contribution in [0.3, 0.4) is 0 Å². The average Bonchev–Trinajstić information content (AvgIpc) is 2.63. The Balaban J connectivity index is 2.57. The first kappa shape index (κ1) is 11.4. The molecule has 0 fully saturated rings. The van der Waals surface area contributed by atoms with Crippen molar-refractivity contribution in [1.82, 2.24) is 9.97 Å². The van der Waals surface area contributed by atoms with Crippen LogP contribution in [-0.4, -0.2) is 15.1 Å². The van der Waals surface area contributed by atoms with Crippen molar-refractivity contribution >= 4 is 0 Å². The van der Waals surface area contributed by atoms with Crippen molar-refractivity contribution in [2.75, 3.05) is 0 Å². The minimum Gasteiger partial charge on any atom is -0.493 e. The zero-order valence-corrected chi connectivity index (χ0v) is 9.94. The SMILES string of the molecule is Cc1ccc(-c2nc(O)c(C(C)C)c(=O)[nH]2)o1. The third-order valence-electron chi connectivity index (χ3n) is 2.49. The smallest absolute Gasteiger partial charge is 0.258 e. The van der Waals surface area contributed by atoms with Gasteiger partial charge >= 0.3 is 0 Å². The van der Waals surface area contributed by atoms with Gasteiger partial charge in [0.25, 0.3) is 5.56 Å². The van der Waals surface area contributed by atoms with Gasteiger partial charge in [-0.25, -0.2) is 0 Å². The lowest BCUT2D eigenvalue weighted by Crippen LogP contribution is -2.16. The van der Waals surface area contributed by atoms with Gasteiger partial charge < -0.3 is 14.5 Å². The highest BCUT2D eigenvalue weighted by Crippen LogP contribution is 2.23. The predicted molar refractivity (Wildman–Crippen MR) is 63.1 cm³/mol. The number of aromatic nitrogens is 2. The maximum Gasteiger partial charge on any atom is 0.258 e. The highest BCUT2D eigenvalue weighted by atomic mass is 16.3. The van der Waals surface area contributed by atoms with Crippen LogP contribution in [-0.2, 0) is 0 Å². The van der Waals surface area contributed by atoms with E-state index in [1.807, 2.05) is 13.8 Å². The molecule has 0 saturated carbocycles. The number of nitrogens with one attached hydrogen (secondary N) is 1. The van der Waals surface area contributed by atoms with Crippen LogP contribution in [0.1, 0.15) is 31.1 Å². The van der Waals surface area contributed by atoms with Gasteiger partial charge in [-0.15, -0.1) is 0 Å². The van der Waals surface area contributed by atoms with Crippen molar-refractivity contribution in [2.24, 2.45) is 0 Å². The Bertz CT molecular complexity index is 596. The number of hydrogen-bond donors (Lipinski definition) is 2. The Morgan fingerprint density at radius 3 is 2.59 bits per heavy atom. The molecule has 2 aromatic heterocycles. The molecule has 0 saturated heterocycles. The van der Waals surface area contributed by atoms with Crippen LogP contribution in [0.15, 0.2) is 21.3 Å². The van der Waals surface area contributed by atoms with E-state index in [4.69, 9.17) is 4.42 Å². The lowest BCUT2D eigenvalue weighted by atomic mass is 10.1. The van der Waals surface area contributed by atoms with Crippen LogP contribution >= 0.6 is 0 Å². The first-order chi connectivity index (χ1) is 7.99. The van der Waals surface area contributed by atoms with Gasteiger partial charge in [0.05, 0.1) is 5.56 Å². The zero-order chi connectivity index (χ0) is 12.6. The molecule has 0 aliphatic heterocycles. The summed E-state index contributed by atoms with van der Waals surface area (Å²) in [6, 6.07) is 3.46. The Labute approximate surface area is 98.1 Å². The third-order valence-corrected chi connectivity index (χ3v) is 2.49. The Morgan fingerprint density at radius 1 is 1.41 bits per heavy atom. The normalized spacial score (nSPS) is 11.1. The van der Waals surface area contributed by atoms with Gasteiger partial charge in [0.1, 0.15) is 5.76 Å². The number of H-pyrrole nitrogens is 1. The van der Waals surface area contributed by atoms with E-state index in [-0.39, 0.29) is 28.7 Å². The number of nitrogens with zero attached hydrogens (tertiary/aromatic N) is 1. The lowest BCUT2D eigenvalue weighted by Gasteiger charge is -2.06. The number of rotatable bonds is 2. The fourth-order valence-electron chi connectivity index (χ4n) is 1.67. The number of hydrogen-bond acceptors (Lipinski definition) is 4. The highest BCUT2D eigenvalue weighted by molar-refractivity contribution is 5.48. The predicted octanol–water partition coefficient (Wildman–Crippen LogP) is 2.17. The molecule has 0 radical (unpaired) electrons. The summed E-state index contributed by atoms with van der Waals surface area (Å²) in [7, 11) is 0. The van der Waals surface area contributed by atoms with E-state index in [0.29, 0.717) is 5.76 Å². The van der Waals surface area contributed by atoms with E-state index < -0.39 is 0 Å². The molecular weight excluding hydrogens is 220 g/mol. The van der Waals surface area contributed by atoms with Crippen molar-refractivity contribution < 1.29 is 9.52 Å². The fourth-order valence-corrected chi connectivity index (χ4v) is 1.67. The molecule has 17 heavy (non-hydrogen) atoms. The number of aryl methyl sites for hydroxylation is 1. The summed E-state index contributed by atoms with van der Waals surface area (Å²) in [6.07, 6.45) is 0. The second kappa shape index (κ2) is 4.08. The van der Waals surface area contributed by atoms with Crippen LogP contribution < -0.4 is 5.56 Å². The van der Waals surface area contributed by atoms with Crippen LogP contribution in [0.2, 0.25) is 0 Å². The lowest BCUT2D eigenvalue weighted by molar-refractivity contribution is 0.438. The molecule has 0 spiro atoms. The largest absolute Gasteiger partial charge is 0.493 e. The van der Waals surface area contributed by atoms with Crippen molar-refractivity contribution in [3.8, 4) is 17.5 Å². The second-order valence-electron chi connectivity index (χ2n) is 4.22. The fraction of sp³-hybridized carbons (Fsp3) is 0.333. The first-order valence-corrected chi connectivity index (χ1v) is 5.39. The average molecular weight is 234 g/mol. The summed E-state index contributed by atoms with van der Waals surface area (Å²) in [5.41, 5.74) is -0.0476.